The van der Waals surface area contributed by atoms with E-state index >= 15 is 0 Å². The Labute approximate surface area is 187 Å². The lowest BCUT2D eigenvalue weighted by molar-refractivity contribution is -0.137. The van der Waals surface area contributed by atoms with Gasteiger partial charge in [-0.1, -0.05) is 0 Å². The summed E-state index contributed by atoms with van der Waals surface area (Å²) in [4.78, 5) is 27.7. The van der Waals surface area contributed by atoms with E-state index in [1.165, 1.54) is 7.11 Å². The second-order valence-electron chi connectivity index (χ2n) is 7.92. The molecule has 0 radical (unpaired) electrons. The fourth-order valence-electron chi connectivity index (χ4n) is 3.70. The van der Waals surface area contributed by atoms with Gasteiger partial charge in [-0.05, 0) is 61.4 Å². The smallest absolute Gasteiger partial charge is 0.337 e. The fraction of sp³-hybridized carbons (Fsp3) is 0.375. The topological polar surface area (TPSA) is 103 Å². The number of likely N-dealkylation sites (tertiary alicyclic amines) is 1. The number of hydrogen-bond acceptors (Lipinski definition) is 7. The van der Waals surface area contributed by atoms with Gasteiger partial charge in [0, 0.05) is 32.4 Å². The van der Waals surface area contributed by atoms with E-state index in [2.05, 4.69) is 0 Å². The lowest BCUT2D eigenvalue weighted by Crippen LogP contribution is -2.52. The molecule has 1 N–H and O–H groups in total. The number of piperidine rings is 1. The van der Waals surface area contributed by atoms with E-state index < -0.39 is 11.6 Å². The number of likely N-dealkylation sites (N-methyl/N-ethyl adjacent to an activating group) is 1. The number of nitrogens with zero attached hydrogens (tertiary/aromatic N) is 3. The van der Waals surface area contributed by atoms with Crippen LogP contribution in [0, 0.1) is 11.3 Å². The second-order valence-corrected chi connectivity index (χ2v) is 7.92. The van der Waals surface area contributed by atoms with Crippen molar-refractivity contribution in [1.29, 1.82) is 5.26 Å². The zero-order valence-electron chi connectivity index (χ0n) is 18.3. The molecule has 0 spiro atoms. The van der Waals surface area contributed by atoms with Crippen molar-refractivity contribution in [2.24, 2.45) is 0 Å². The van der Waals surface area contributed by atoms with Gasteiger partial charge in [-0.2, -0.15) is 5.26 Å². The summed E-state index contributed by atoms with van der Waals surface area (Å²) in [7, 11) is 3.22. The highest BCUT2D eigenvalue weighted by molar-refractivity contribution is 5.89. The predicted octanol–water partition coefficient (Wildman–Crippen LogP) is 2.21. The van der Waals surface area contributed by atoms with Crippen LogP contribution < -0.4 is 9.64 Å². The van der Waals surface area contributed by atoms with Crippen LogP contribution in [0.4, 0.5) is 5.69 Å². The van der Waals surface area contributed by atoms with Gasteiger partial charge in [-0.25, -0.2) is 4.79 Å². The Morgan fingerprint density at radius 2 is 1.75 bits per heavy atom. The number of aliphatic hydroxyl groups is 1. The molecule has 0 aromatic heterocycles. The molecule has 1 fully saturated rings. The molecule has 1 saturated heterocycles. The SMILES string of the molecule is COC(=O)c1ccc(N(C)CC2(O)CCN(C(=O)COc3ccc(C#N)cc3)CC2)cc1. The minimum absolute atomic E-state index is 0.0865. The first-order valence-corrected chi connectivity index (χ1v) is 10.4. The maximum atomic E-state index is 12.5. The Morgan fingerprint density at radius 1 is 1.12 bits per heavy atom. The number of hydrogen-bond donors (Lipinski definition) is 1. The van der Waals surface area contributed by atoms with Crippen molar-refractivity contribution in [3.63, 3.8) is 0 Å². The first-order chi connectivity index (χ1) is 15.3. The molecule has 1 aliphatic heterocycles. The van der Waals surface area contributed by atoms with Gasteiger partial charge in [0.05, 0.1) is 29.9 Å². The van der Waals surface area contributed by atoms with Gasteiger partial charge in [-0.15, -0.1) is 0 Å². The molecule has 0 aliphatic carbocycles. The summed E-state index contributed by atoms with van der Waals surface area (Å²) < 4.78 is 10.2. The normalized spacial score (nSPS) is 14.9. The summed E-state index contributed by atoms with van der Waals surface area (Å²) in [5.74, 6) is 0.00639. The summed E-state index contributed by atoms with van der Waals surface area (Å²) in [6.45, 7) is 1.22. The van der Waals surface area contributed by atoms with Crippen molar-refractivity contribution in [2.75, 3.05) is 45.3 Å². The Morgan fingerprint density at radius 3 is 2.31 bits per heavy atom. The minimum Gasteiger partial charge on any atom is -0.484 e. The quantitative estimate of drug-likeness (QED) is 0.663. The zero-order valence-corrected chi connectivity index (χ0v) is 18.3. The van der Waals surface area contributed by atoms with Crippen LogP contribution in [0.25, 0.3) is 0 Å². The molecule has 8 heteroatoms. The van der Waals surface area contributed by atoms with E-state index in [9.17, 15) is 14.7 Å². The molecule has 2 aromatic carbocycles. The highest BCUT2D eigenvalue weighted by atomic mass is 16.5. The molecule has 0 bridgehead atoms. The van der Waals surface area contributed by atoms with Crippen molar-refractivity contribution in [2.45, 2.75) is 18.4 Å². The van der Waals surface area contributed by atoms with E-state index in [4.69, 9.17) is 14.7 Å². The second kappa shape index (κ2) is 10.2. The maximum absolute atomic E-state index is 12.5. The van der Waals surface area contributed by atoms with Gasteiger partial charge in [0.15, 0.2) is 6.61 Å². The van der Waals surface area contributed by atoms with E-state index in [0.29, 0.717) is 49.4 Å². The third-order valence-electron chi connectivity index (χ3n) is 5.65. The van der Waals surface area contributed by atoms with E-state index in [1.54, 1.807) is 41.3 Å². The summed E-state index contributed by atoms with van der Waals surface area (Å²) in [6, 6.07) is 15.6. The molecule has 8 nitrogen and oxygen atoms in total. The van der Waals surface area contributed by atoms with Crippen LogP contribution in [0.15, 0.2) is 48.5 Å². The van der Waals surface area contributed by atoms with Crippen molar-refractivity contribution >= 4 is 17.6 Å². The molecule has 2 aromatic rings. The molecular formula is C24H27N3O5. The minimum atomic E-state index is -0.916. The summed E-state index contributed by atoms with van der Waals surface area (Å²) in [5, 5.41) is 19.9. The van der Waals surface area contributed by atoms with Crippen molar-refractivity contribution < 1.29 is 24.2 Å². The van der Waals surface area contributed by atoms with E-state index in [1.807, 2.05) is 30.1 Å². The zero-order chi connectivity index (χ0) is 23.1. The van der Waals surface area contributed by atoms with E-state index in [0.717, 1.165) is 5.69 Å². The lowest BCUT2D eigenvalue weighted by atomic mass is 9.90. The number of methoxy groups -OCH3 is 1. The molecule has 1 aliphatic rings. The number of anilines is 1. The largest absolute Gasteiger partial charge is 0.484 e. The van der Waals surface area contributed by atoms with Crippen LogP contribution in [-0.4, -0.2) is 67.9 Å². The Balaban J connectivity index is 1.48. The third kappa shape index (κ3) is 5.77. The van der Waals surface area contributed by atoms with Crippen LogP contribution in [0.1, 0.15) is 28.8 Å². The standard InChI is InChI=1S/C24H27N3O5/c1-26(20-7-5-19(6-8-20)23(29)31-2)17-24(30)11-13-27(14-12-24)22(28)16-32-21-9-3-18(15-25)4-10-21/h3-10,30H,11-14,16-17H2,1-2H3. The van der Waals surface area contributed by atoms with Crippen LogP contribution >= 0.6 is 0 Å². The third-order valence-corrected chi connectivity index (χ3v) is 5.65. The maximum Gasteiger partial charge on any atom is 0.337 e. The average molecular weight is 437 g/mol. The molecular weight excluding hydrogens is 410 g/mol. The van der Waals surface area contributed by atoms with E-state index in [-0.39, 0.29) is 12.5 Å². The number of carbonyl (C=O) groups is 2. The number of nitriles is 1. The van der Waals surface area contributed by atoms with Crippen LogP contribution in [0.2, 0.25) is 0 Å². The highest BCUT2D eigenvalue weighted by Crippen LogP contribution is 2.26. The van der Waals surface area contributed by atoms with Crippen molar-refractivity contribution in [3.8, 4) is 11.8 Å². The molecule has 168 valence electrons. The summed E-state index contributed by atoms with van der Waals surface area (Å²) >= 11 is 0. The Bertz CT molecular complexity index is 974. The van der Waals surface area contributed by atoms with Gasteiger partial charge in [0.2, 0.25) is 0 Å². The molecule has 0 unspecified atom stereocenters. The molecule has 1 amide bonds. The average Bonchev–Trinajstić information content (AvgIpc) is 2.82. The van der Waals surface area contributed by atoms with Crippen LogP contribution in [0.3, 0.4) is 0 Å². The number of esters is 1. The van der Waals surface area contributed by atoms with Gasteiger partial charge < -0.3 is 24.4 Å². The Hall–Kier alpha value is -3.57. The van der Waals surface area contributed by atoms with Crippen LogP contribution in [-0.2, 0) is 9.53 Å². The fourth-order valence-corrected chi connectivity index (χ4v) is 3.70. The van der Waals surface area contributed by atoms with Gasteiger partial charge in [0.1, 0.15) is 5.75 Å². The first-order valence-electron chi connectivity index (χ1n) is 10.4. The number of benzene rings is 2. The molecule has 32 heavy (non-hydrogen) atoms. The van der Waals surface area contributed by atoms with Crippen molar-refractivity contribution in [3.05, 3.63) is 59.7 Å². The lowest BCUT2D eigenvalue weighted by Gasteiger charge is -2.40. The molecule has 1 heterocycles. The van der Waals surface area contributed by atoms with Gasteiger partial charge >= 0.3 is 5.97 Å². The summed E-state index contributed by atoms with van der Waals surface area (Å²) in [6.07, 6.45) is 0.917. The predicted molar refractivity (Wildman–Crippen MR) is 118 cm³/mol. The van der Waals surface area contributed by atoms with Gasteiger partial charge in [0.25, 0.3) is 5.91 Å². The first kappa shape index (κ1) is 23.1. The summed E-state index contributed by atoms with van der Waals surface area (Å²) in [5.41, 5.74) is 0.961. The molecule has 0 saturated carbocycles. The number of carbonyl (C=O) groups excluding carboxylic acids is 2. The Kier molecular flexibility index (Phi) is 7.33. The molecule has 3 rings (SSSR count). The van der Waals surface area contributed by atoms with Crippen LogP contribution in [0.5, 0.6) is 5.75 Å². The number of amides is 1. The highest BCUT2D eigenvalue weighted by Gasteiger charge is 2.35. The van der Waals surface area contributed by atoms with Gasteiger partial charge in [-0.3, -0.25) is 4.79 Å². The number of rotatable bonds is 7. The molecule has 0 atom stereocenters. The number of ether oxygens (including phenoxy) is 2. The monoisotopic (exact) mass is 437 g/mol. The van der Waals surface area contributed by atoms with Crippen molar-refractivity contribution in [1.82, 2.24) is 4.90 Å².